The van der Waals surface area contributed by atoms with Crippen LogP contribution in [-0.2, 0) is 0 Å². The van der Waals surface area contributed by atoms with Gasteiger partial charge in [-0.05, 0) is 42.6 Å². The van der Waals surface area contributed by atoms with E-state index in [1.54, 1.807) is 12.1 Å². The van der Waals surface area contributed by atoms with Crippen molar-refractivity contribution in [2.45, 2.75) is 19.3 Å². The van der Waals surface area contributed by atoms with Crippen molar-refractivity contribution in [2.24, 2.45) is 5.92 Å². The third-order valence-electron chi connectivity index (χ3n) is 2.66. The predicted molar refractivity (Wildman–Crippen MR) is 74.6 cm³/mol. The molecule has 20 heavy (non-hydrogen) atoms. The van der Waals surface area contributed by atoms with Gasteiger partial charge in [0.2, 0.25) is 0 Å². The van der Waals surface area contributed by atoms with Gasteiger partial charge in [-0.2, -0.15) is 21.0 Å². The molecule has 0 aliphatic heterocycles. The Hall–Kier alpha value is -0.894. The first kappa shape index (κ1) is 19.1. The van der Waals surface area contributed by atoms with Crippen LogP contribution < -0.4 is 0 Å². The molecule has 0 heterocycles. The van der Waals surface area contributed by atoms with E-state index >= 15 is 0 Å². The summed E-state index contributed by atoms with van der Waals surface area (Å²) in [4.78, 5) is 0. The average Bonchev–Trinajstić information content (AvgIpc) is 2.45. The van der Waals surface area contributed by atoms with Crippen LogP contribution >= 0.6 is 11.6 Å². The van der Waals surface area contributed by atoms with Crippen molar-refractivity contribution in [2.75, 3.05) is 0 Å². The molecule has 0 aromatic rings. The van der Waals surface area contributed by atoms with Crippen LogP contribution in [-0.4, -0.2) is 51.4 Å². The summed E-state index contributed by atoms with van der Waals surface area (Å²) >= 11 is 6.19. The number of nitrogens with zero attached hydrogens (tertiary/aromatic N) is 4. The van der Waals surface area contributed by atoms with Crippen LogP contribution in [0.4, 0.5) is 0 Å². The average molecular weight is 308 g/mol. The van der Waals surface area contributed by atoms with Crippen molar-refractivity contribution in [3.63, 3.8) is 0 Å². The molecular formula is C14H9ClKN4. The number of hydrogen-bond acceptors (Lipinski definition) is 4. The molecule has 1 aliphatic carbocycles. The number of nitriles is 4. The maximum atomic E-state index is 8.76. The second-order valence-corrected chi connectivity index (χ2v) is 4.28. The monoisotopic (exact) mass is 307 g/mol. The SMILES string of the molecule is N#CC(C#N)=CC1=C(Cl)/C(=C/C(C#N)C#N)CCC1.[K]. The first-order valence-electron chi connectivity index (χ1n) is 5.57. The summed E-state index contributed by atoms with van der Waals surface area (Å²) in [5, 5.41) is 35.4. The molecule has 0 N–H and O–H groups in total. The Balaban J connectivity index is 0.00000361. The van der Waals surface area contributed by atoms with E-state index in [0.717, 1.165) is 12.0 Å². The summed E-state index contributed by atoms with van der Waals surface area (Å²) < 4.78 is 0. The number of allylic oxidation sites excluding steroid dienone is 6. The fourth-order valence-electron chi connectivity index (χ4n) is 1.76. The minimum absolute atomic E-state index is 0. The van der Waals surface area contributed by atoms with Crippen LogP contribution in [0.15, 0.2) is 33.9 Å². The second-order valence-electron chi connectivity index (χ2n) is 3.90. The molecule has 0 amide bonds. The quantitative estimate of drug-likeness (QED) is 0.579. The van der Waals surface area contributed by atoms with Crippen molar-refractivity contribution >= 4 is 63.0 Å². The van der Waals surface area contributed by atoms with Crippen LogP contribution in [0.2, 0.25) is 0 Å². The smallest absolute Gasteiger partial charge is 0.152 e. The molecule has 0 aromatic heterocycles. The number of hydrogen-bond donors (Lipinski definition) is 0. The Kier molecular flexibility index (Phi) is 9.48. The Bertz CT molecular complexity index is 602. The van der Waals surface area contributed by atoms with Gasteiger partial charge in [0.15, 0.2) is 5.92 Å². The third-order valence-corrected chi connectivity index (χ3v) is 3.15. The molecule has 6 heteroatoms. The Morgan fingerprint density at radius 2 is 1.70 bits per heavy atom. The van der Waals surface area contributed by atoms with Crippen LogP contribution in [0.25, 0.3) is 0 Å². The van der Waals surface area contributed by atoms with Gasteiger partial charge in [-0.25, -0.2) is 0 Å². The molecule has 1 radical (unpaired) electrons. The summed E-state index contributed by atoms with van der Waals surface area (Å²) in [6.45, 7) is 0. The van der Waals surface area contributed by atoms with Gasteiger partial charge in [-0.1, -0.05) is 11.6 Å². The molecule has 0 unspecified atom stereocenters. The van der Waals surface area contributed by atoms with Crippen LogP contribution in [0.3, 0.4) is 0 Å². The van der Waals surface area contributed by atoms with Gasteiger partial charge in [-0.3, -0.25) is 0 Å². The molecule has 0 saturated carbocycles. The molecule has 0 saturated heterocycles. The van der Waals surface area contributed by atoms with Gasteiger partial charge >= 0.3 is 0 Å². The largest absolute Gasteiger partial charge is 0.197 e. The van der Waals surface area contributed by atoms with E-state index in [4.69, 9.17) is 32.6 Å². The van der Waals surface area contributed by atoms with E-state index in [-0.39, 0.29) is 57.0 Å². The number of halogens is 1. The van der Waals surface area contributed by atoms with E-state index in [1.807, 2.05) is 12.1 Å². The van der Waals surface area contributed by atoms with E-state index in [1.165, 1.54) is 12.2 Å². The fraction of sp³-hybridized carbons (Fsp3) is 0.286. The molecule has 0 atom stereocenters. The van der Waals surface area contributed by atoms with Crippen LogP contribution in [0.5, 0.6) is 0 Å². The Labute approximate surface area is 165 Å². The van der Waals surface area contributed by atoms with Gasteiger partial charge in [-0.15, -0.1) is 0 Å². The van der Waals surface area contributed by atoms with Crippen molar-refractivity contribution in [3.8, 4) is 24.3 Å². The first-order valence-corrected chi connectivity index (χ1v) is 5.95. The standard InChI is InChI=1S/C14H9ClN4.K/c15-14-12(4-10(6-16)7-17)2-1-3-13(14)5-11(8-18)9-19;/h4-5,10H,1-3H2;/b12-4+;. The molecule has 4 nitrogen and oxygen atoms in total. The molecule has 0 fully saturated rings. The first-order chi connectivity index (χ1) is 9.15. The minimum Gasteiger partial charge on any atom is -0.197 e. The zero-order chi connectivity index (χ0) is 14.3. The molecule has 0 bridgehead atoms. The Morgan fingerprint density at radius 1 is 1.10 bits per heavy atom. The zero-order valence-electron chi connectivity index (χ0n) is 11.0. The van der Waals surface area contributed by atoms with E-state index in [0.29, 0.717) is 23.4 Å². The van der Waals surface area contributed by atoms with Crippen LogP contribution in [0.1, 0.15) is 19.3 Å². The number of rotatable bonds is 2. The normalized spacial score (nSPS) is 15.4. The summed E-state index contributed by atoms with van der Waals surface area (Å²) in [5.74, 6) is -0.835. The zero-order valence-corrected chi connectivity index (χ0v) is 14.9. The van der Waals surface area contributed by atoms with Gasteiger partial charge in [0.05, 0.1) is 12.1 Å². The summed E-state index contributed by atoms with van der Waals surface area (Å²) in [6, 6.07) is 7.28. The Morgan fingerprint density at radius 3 is 2.20 bits per heavy atom. The van der Waals surface area contributed by atoms with Gasteiger partial charge < -0.3 is 0 Å². The minimum atomic E-state index is -0.835. The van der Waals surface area contributed by atoms with Crippen molar-refractivity contribution in [1.82, 2.24) is 0 Å². The summed E-state index contributed by atoms with van der Waals surface area (Å²) in [7, 11) is 0. The predicted octanol–water partition coefficient (Wildman–Crippen LogP) is 2.85. The molecule has 0 spiro atoms. The van der Waals surface area contributed by atoms with E-state index in [9.17, 15) is 0 Å². The topological polar surface area (TPSA) is 95.2 Å². The maximum Gasteiger partial charge on any atom is 0.152 e. The van der Waals surface area contributed by atoms with Crippen LogP contribution in [0, 0.1) is 51.2 Å². The van der Waals surface area contributed by atoms with E-state index < -0.39 is 5.92 Å². The fourth-order valence-corrected chi connectivity index (χ4v) is 2.06. The molecule has 1 aliphatic rings. The van der Waals surface area contributed by atoms with Crippen molar-refractivity contribution in [1.29, 1.82) is 21.0 Å². The van der Waals surface area contributed by atoms with Gasteiger partial charge in [0.1, 0.15) is 17.7 Å². The third kappa shape index (κ3) is 5.24. The van der Waals surface area contributed by atoms with Gasteiger partial charge in [0, 0.05) is 56.4 Å². The molecule has 0 aromatic carbocycles. The van der Waals surface area contributed by atoms with Crippen molar-refractivity contribution < 1.29 is 0 Å². The molecule has 1 rings (SSSR count). The van der Waals surface area contributed by atoms with Gasteiger partial charge in [0.25, 0.3) is 0 Å². The second kappa shape index (κ2) is 9.92. The van der Waals surface area contributed by atoms with Crippen molar-refractivity contribution in [3.05, 3.63) is 33.9 Å². The molecule has 93 valence electrons. The summed E-state index contributed by atoms with van der Waals surface area (Å²) in [6.07, 6.45) is 5.16. The van der Waals surface area contributed by atoms with E-state index in [2.05, 4.69) is 0 Å². The molecular weight excluding hydrogens is 299 g/mol. The maximum absolute atomic E-state index is 8.76. The summed E-state index contributed by atoms with van der Waals surface area (Å²) in [5.41, 5.74) is 1.42.